The van der Waals surface area contributed by atoms with Gasteiger partial charge in [-0.3, -0.25) is 14.4 Å². The van der Waals surface area contributed by atoms with Crippen LogP contribution >= 0.6 is 11.6 Å². The average Bonchev–Trinajstić information content (AvgIpc) is 3.14. The Morgan fingerprint density at radius 3 is 2.59 bits per heavy atom. The second-order valence-electron chi connectivity index (χ2n) is 8.58. The van der Waals surface area contributed by atoms with Crippen LogP contribution in [0.2, 0.25) is 5.02 Å². The van der Waals surface area contributed by atoms with Crippen LogP contribution in [0, 0.1) is 6.92 Å². The van der Waals surface area contributed by atoms with Crippen molar-refractivity contribution < 1.29 is 9.53 Å². The molecule has 0 amide bonds. The van der Waals surface area contributed by atoms with E-state index >= 15 is 0 Å². The number of carbonyl (C=O) groups is 1. The Balaban J connectivity index is 1.75. The summed E-state index contributed by atoms with van der Waals surface area (Å²) in [7, 11) is 0. The second-order valence-corrected chi connectivity index (χ2v) is 9.01. The largest absolute Gasteiger partial charge is 0.494 e. The van der Waals surface area contributed by atoms with Gasteiger partial charge in [0.05, 0.1) is 18.0 Å². The number of aliphatic imine (C=N–C) groups is 1. The van der Waals surface area contributed by atoms with Crippen molar-refractivity contribution in [3.8, 4) is 11.4 Å². The molecule has 0 saturated carbocycles. The fourth-order valence-electron chi connectivity index (χ4n) is 4.20. The first-order valence-corrected chi connectivity index (χ1v) is 12.1. The molecule has 1 aliphatic heterocycles. The monoisotopic (exact) mass is 479 g/mol. The molecule has 1 atom stereocenters. The van der Waals surface area contributed by atoms with Crippen LogP contribution in [0.3, 0.4) is 0 Å². The number of hydrogen-bond donors (Lipinski definition) is 1. The van der Waals surface area contributed by atoms with Gasteiger partial charge in [-0.25, -0.2) is 0 Å². The van der Waals surface area contributed by atoms with E-state index < -0.39 is 6.04 Å². The number of fused-ring (bicyclic) bond motifs is 3. The fourth-order valence-corrected chi connectivity index (χ4v) is 4.33. The summed E-state index contributed by atoms with van der Waals surface area (Å²) in [4.78, 5) is 17.1. The van der Waals surface area contributed by atoms with E-state index in [1.54, 1.807) is 6.92 Å². The van der Waals surface area contributed by atoms with Gasteiger partial charge in [-0.1, -0.05) is 36.6 Å². The zero-order valence-electron chi connectivity index (χ0n) is 19.6. The molecule has 34 heavy (non-hydrogen) atoms. The molecule has 178 valence electrons. The molecule has 2 aromatic carbocycles. The molecule has 0 radical (unpaired) electrons. The lowest BCUT2D eigenvalue weighted by molar-refractivity contribution is -0.117. The quantitative estimate of drug-likeness (QED) is 0.413. The lowest BCUT2D eigenvalue weighted by Gasteiger charge is -2.15. The molecule has 0 fully saturated rings. The topological polar surface area (TPSA) is 95.4 Å². The van der Waals surface area contributed by atoms with E-state index in [2.05, 4.69) is 10.2 Å². The molecule has 0 spiro atoms. The smallest absolute Gasteiger partial charge is 0.162 e. The molecule has 0 bridgehead atoms. The number of ether oxygens (including phenoxy) is 1. The molecule has 2 N–H and O–H groups in total. The van der Waals surface area contributed by atoms with E-state index in [1.807, 2.05) is 54.0 Å². The van der Waals surface area contributed by atoms with Gasteiger partial charge in [0.1, 0.15) is 23.4 Å². The molecule has 2 heterocycles. The Hall–Kier alpha value is -3.03. The molecule has 3 aromatic rings. The maximum atomic E-state index is 12.1. The Morgan fingerprint density at radius 2 is 1.85 bits per heavy atom. The van der Waals surface area contributed by atoms with Gasteiger partial charge >= 0.3 is 0 Å². The van der Waals surface area contributed by atoms with E-state index in [0.717, 1.165) is 66.3 Å². The molecular weight excluding hydrogens is 450 g/mol. The molecule has 1 aromatic heterocycles. The Bertz CT molecular complexity index is 1190. The van der Waals surface area contributed by atoms with Crippen LogP contribution < -0.4 is 10.5 Å². The number of hydrogen-bond acceptors (Lipinski definition) is 6. The summed E-state index contributed by atoms with van der Waals surface area (Å²) >= 11 is 6.15. The number of rotatable bonds is 10. The Kier molecular flexibility index (Phi) is 7.75. The van der Waals surface area contributed by atoms with Crippen molar-refractivity contribution in [3.63, 3.8) is 0 Å². The third-order valence-electron chi connectivity index (χ3n) is 5.86. The number of aryl methyl sites for hydroxylation is 1. The normalized spacial score (nSPS) is 14.7. The third-order valence-corrected chi connectivity index (χ3v) is 6.11. The first kappa shape index (κ1) is 24.1. The lowest BCUT2D eigenvalue weighted by atomic mass is 10.00. The van der Waals surface area contributed by atoms with Crippen LogP contribution in [0.25, 0.3) is 5.69 Å². The molecule has 4 rings (SSSR count). The van der Waals surface area contributed by atoms with E-state index in [-0.39, 0.29) is 12.2 Å². The maximum Gasteiger partial charge on any atom is 0.162 e. The number of benzene rings is 2. The summed E-state index contributed by atoms with van der Waals surface area (Å²) < 4.78 is 8.08. The molecule has 1 aliphatic rings. The first-order valence-electron chi connectivity index (χ1n) is 11.7. The van der Waals surface area contributed by atoms with Gasteiger partial charge in [0.15, 0.2) is 5.82 Å². The predicted octanol–water partition coefficient (Wildman–Crippen LogP) is 5.00. The SMILES string of the molecule is CC(=O)C[C@@H]1N=C(c2ccc(Cl)cc2)c2cc(OCCCCCCN)ccc2-n2c(C)nnc21. The van der Waals surface area contributed by atoms with E-state index in [0.29, 0.717) is 17.5 Å². The van der Waals surface area contributed by atoms with Crippen LogP contribution in [0.4, 0.5) is 0 Å². The standard InChI is InChI=1S/C26H30ClN5O2/c1-17(33)15-23-26-31-30-18(2)32(26)24-12-11-21(34-14-6-4-3-5-13-28)16-22(24)25(29-23)19-7-9-20(27)10-8-19/h7-12,16,23H,3-6,13-15,28H2,1-2H3/t23-/m0/s1. The van der Waals surface area contributed by atoms with Crippen LogP contribution in [0.1, 0.15) is 67.8 Å². The lowest BCUT2D eigenvalue weighted by Crippen LogP contribution is -2.09. The number of Topliss-reactive ketones (excluding diaryl/α,β-unsaturated/α-hetero) is 1. The van der Waals surface area contributed by atoms with Gasteiger partial charge in [0, 0.05) is 22.6 Å². The van der Waals surface area contributed by atoms with Crippen molar-refractivity contribution in [3.05, 3.63) is 70.3 Å². The highest BCUT2D eigenvalue weighted by Crippen LogP contribution is 2.34. The van der Waals surface area contributed by atoms with Crippen molar-refractivity contribution in [1.82, 2.24) is 14.8 Å². The van der Waals surface area contributed by atoms with Crippen LogP contribution in [0.5, 0.6) is 5.75 Å². The number of ketones is 1. The highest BCUT2D eigenvalue weighted by atomic mass is 35.5. The summed E-state index contributed by atoms with van der Waals surface area (Å²) in [5, 5.41) is 9.33. The van der Waals surface area contributed by atoms with Crippen LogP contribution in [-0.2, 0) is 4.79 Å². The van der Waals surface area contributed by atoms with Crippen LogP contribution in [-0.4, -0.2) is 39.4 Å². The Labute approximate surface area is 205 Å². The summed E-state index contributed by atoms with van der Waals surface area (Å²) in [6.45, 7) is 4.85. The van der Waals surface area contributed by atoms with Crippen LogP contribution in [0.15, 0.2) is 47.5 Å². The number of carbonyl (C=O) groups excluding carboxylic acids is 1. The fraction of sp³-hybridized carbons (Fsp3) is 0.385. The average molecular weight is 480 g/mol. The predicted molar refractivity (Wildman–Crippen MR) is 134 cm³/mol. The zero-order chi connectivity index (χ0) is 24.1. The van der Waals surface area contributed by atoms with Crippen molar-refractivity contribution >= 4 is 23.1 Å². The summed E-state index contributed by atoms with van der Waals surface area (Å²) in [6.07, 6.45) is 4.47. The molecule has 8 heteroatoms. The van der Waals surface area contributed by atoms with Gasteiger partial charge < -0.3 is 10.5 Å². The number of aromatic nitrogens is 3. The van der Waals surface area contributed by atoms with Gasteiger partial charge in [-0.2, -0.15) is 0 Å². The number of nitrogens with zero attached hydrogens (tertiary/aromatic N) is 4. The van der Waals surface area contributed by atoms with Crippen molar-refractivity contribution in [1.29, 1.82) is 0 Å². The minimum Gasteiger partial charge on any atom is -0.494 e. The van der Waals surface area contributed by atoms with E-state index in [1.165, 1.54) is 0 Å². The zero-order valence-corrected chi connectivity index (χ0v) is 20.4. The van der Waals surface area contributed by atoms with Gasteiger partial charge in [0.25, 0.3) is 0 Å². The highest BCUT2D eigenvalue weighted by Gasteiger charge is 2.29. The van der Waals surface area contributed by atoms with E-state index in [4.69, 9.17) is 27.1 Å². The highest BCUT2D eigenvalue weighted by molar-refractivity contribution is 6.30. The second kappa shape index (κ2) is 10.9. The van der Waals surface area contributed by atoms with Gasteiger partial charge in [-0.05, 0) is 63.6 Å². The number of halogens is 1. The minimum atomic E-state index is -0.441. The third kappa shape index (κ3) is 5.37. The van der Waals surface area contributed by atoms with Gasteiger partial charge in [-0.15, -0.1) is 10.2 Å². The molecule has 0 saturated heterocycles. The molecule has 0 unspecified atom stereocenters. The molecule has 7 nitrogen and oxygen atoms in total. The first-order chi connectivity index (χ1) is 16.5. The number of nitrogens with two attached hydrogens (primary N) is 1. The summed E-state index contributed by atoms with van der Waals surface area (Å²) in [5.74, 6) is 2.22. The minimum absolute atomic E-state index is 0.0426. The summed E-state index contributed by atoms with van der Waals surface area (Å²) in [6, 6.07) is 13.1. The molecular formula is C26H30ClN5O2. The van der Waals surface area contributed by atoms with Crippen molar-refractivity contribution in [2.24, 2.45) is 10.7 Å². The summed E-state index contributed by atoms with van der Waals surface area (Å²) in [5.41, 5.74) is 9.07. The number of unbranched alkanes of at least 4 members (excludes halogenated alkanes) is 3. The maximum absolute atomic E-state index is 12.1. The van der Waals surface area contributed by atoms with Crippen molar-refractivity contribution in [2.75, 3.05) is 13.2 Å². The van der Waals surface area contributed by atoms with E-state index in [9.17, 15) is 4.79 Å². The van der Waals surface area contributed by atoms with Crippen molar-refractivity contribution in [2.45, 2.75) is 52.0 Å². The molecule has 0 aliphatic carbocycles. The Morgan fingerprint density at radius 1 is 1.09 bits per heavy atom. The van der Waals surface area contributed by atoms with Gasteiger partial charge in [0.2, 0.25) is 0 Å².